The van der Waals surface area contributed by atoms with Crippen molar-refractivity contribution in [1.29, 1.82) is 0 Å². The van der Waals surface area contributed by atoms with Gasteiger partial charge in [0, 0.05) is 26.2 Å². The molecule has 3 nitrogen and oxygen atoms in total. The van der Waals surface area contributed by atoms with Gasteiger partial charge in [-0.2, -0.15) is 13.2 Å². The highest BCUT2D eigenvalue weighted by Gasteiger charge is 2.45. The standard InChI is InChI=1S/C12H14F4N2O/c13-9-7-8(1-2-10(9)19)11(12(14,15)16)18-5-3-17-4-6-18/h1-2,7,11,17,19H,3-6H2/t11-/m0/s1. The van der Waals surface area contributed by atoms with E-state index in [1.807, 2.05) is 0 Å². The van der Waals surface area contributed by atoms with E-state index in [1.165, 1.54) is 4.90 Å². The summed E-state index contributed by atoms with van der Waals surface area (Å²) >= 11 is 0. The molecular weight excluding hydrogens is 264 g/mol. The second kappa shape index (κ2) is 5.34. The first kappa shape index (κ1) is 14.1. The van der Waals surface area contributed by atoms with E-state index in [4.69, 9.17) is 5.11 Å². The number of alkyl halides is 3. The lowest BCUT2D eigenvalue weighted by Gasteiger charge is -2.36. The lowest BCUT2D eigenvalue weighted by atomic mass is 10.0. The van der Waals surface area contributed by atoms with E-state index in [0.717, 1.165) is 18.2 Å². The molecule has 2 rings (SSSR count). The molecule has 1 heterocycles. The SMILES string of the molecule is Oc1ccc([C@H](N2CCNCC2)C(F)(F)F)cc1F. The second-order valence-corrected chi connectivity index (χ2v) is 4.44. The molecule has 0 radical (unpaired) electrons. The molecule has 0 unspecified atom stereocenters. The van der Waals surface area contributed by atoms with Gasteiger partial charge in [-0.15, -0.1) is 0 Å². The van der Waals surface area contributed by atoms with Crippen LogP contribution in [-0.4, -0.2) is 42.4 Å². The first-order valence-corrected chi connectivity index (χ1v) is 5.89. The Kier molecular flexibility index (Phi) is 3.96. The van der Waals surface area contributed by atoms with Crippen molar-refractivity contribution in [1.82, 2.24) is 10.2 Å². The molecule has 1 fully saturated rings. The van der Waals surface area contributed by atoms with Crippen molar-refractivity contribution < 1.29 is 22.7 Å². The molecule has 0 bridgehead atoms. The van der Waals surface area contributed by atoms with Gasteiger partial charge in [-0.05, 0) is 17.7 Å². The molecule has 7 heteroatoms. The molecule has 1 aliphatic rings. The van der Waals surface area contributed by atoms with Crippen LogP contribution < -0.4 is 5.32 Å². The Morgan fingerprint density at radius 1 is 1.21 bits per heavy atom. The Morgan fingerprint density at radius 3 is 2.37 bits per heavy atom. The minimum atomic E-state index is -4.49. The minimum absolute atomic E-state index is 0.190. The zero-order valence-electron chi connectivity index (χ0n) is 10.0. The molecule has 1 saturated heterocycles. The van der Waals surface area contributed by atoms with Crippen molar-refractivity contribution in [2.45, 2.75) is 12.2 Å². The van der Waals surface area contributed by atoms with Crippen LogP contribution in [0.25, 0.3) is 0 Å². The summed E-state index contributed by atoms with van der Waals surface area (Å²) in [4.78, 5) is 1.27. The lowest BCUT2D eigenvalue weighted by Crippen LogP contribution is -2.49. The molecule has 2 N–H and O–H groups in total. The highest BCUT2D eigenvalue weighted by atomic mass is 19.4. The number of rotatable bonds is 2. The zero-order valence-corrected chi connectivity index (χ0v) is 10.0. The maximum absolute atomic E-state index is 13.2. The zero-order chi connectivity index (χ0) is 14.0. The summed E-state index contributed by atoms with van der Waals surface area (Å²) in [5, 5.41) is 12.0. The monoisotopic (exact) mass is 278 g/mol. The molecule has 19 heavy (non-hydrogen) atoms. The average Bonchev–Trinajstić information content (AvgIpc) is 2.34. The van der Waals surface area contributed by atoms with Gasteiger partial charge in [-0.3, -0.25) is 4.90 Å². The van der Waals surface area contributed by atoms with Crippen LogP contribution in [0.1, 0.15) is 11.6 Å². The molecular formula is C12H14F4N2O. The number of benzene rings is 1. The molecule has 0 aliphatic carbocycles. The number of phenols is 1. The highest BCUT2D eigenvalue weighted by molar-refractivity contribution is 5.30. The third-order valence-corrected chi connectivity index (χ3v) is 3.11. The maximum Gasteiger partial charge on any atom is 0.408 e. The summed E-state index contributed by atoms with van der Waals surface area (Å²) in [5.74, 6) is -1.69. The summed E-state index contributed by atoms with van der Waals surface area (Å²) in [6.07, 6.45) is -4.49. The summed E-state index contributed by atoms with van der Waals surface area (Å²) < 4.78 is 52.8. The number of phenolic OH excluding ortho intramolecular Hbond substituents is 1. The van der Waals surface area contributed by atoms with E-state index >= 15 is 0 Å². The minimum Gasteiger partial charge on any atom is -0.505 e. The Hall–Kier alpha value is -1.34. The second-order valence-electron chi connectivity index (χ2n) is 4.44. The first-order chi connectivity index (χ1) is 8.89. The van der Waals surface area contributed by atoms with Gasteiger partial charge in [0.2, 0.25) is 0 Å². The van der Waals surface area contributed by atoms with Crippen molar-refractivity contribution in [2.75, 3.05) is 26.2 Å². The summed E-state index contributed by atoms with van der Waals surface area (Å²) in [6.45, 7) is 1.42. The molecule has 1 aromatic rings. The lowest BCUT2D eigenvalue weighted by molar-refractivity contribution is -0.187. The summed E-state index contributed by atoms with van der Waals surface area (Å²) in [6, 6.07) is 0.962. The number of hydrogen-bond donors (Lipinski definition) is 2. The smallest absolute Gasteiger partial charge is 0.408 e. The van der Waals surface area contributed by atoms with Gasteiger partial charge in [-0.1, -0.05) is 6.07 Å². The number of piperazine rings is 1. The number of nitrogens with one attached hydrogen (secondary N) is 1. The number of aromatic hydroxyl groups is 1. The predicted octanol–water partition coefficient (Wildman–Crippen LogP) is 2.04. The topological polar surface area (TPSA) is 35.5 Å². The van der Waals surface area contributed by atoms with Crippen LogP contribution >= 0.6 is 0 Å². The third-order valence-electron chi connectivity index (χ3n) is 3.11. The Morgan fingerprint density at radius 2 is 1.84 bits per heavy atom. The maximum atomic E-state index is 13.2. The van der Waals surface area contributed by atoms with E-state index in [2.05, 4.69) is 5.32 Å². The van der Waals surface area contributed by atoms with Crippen molar-refractivity contribution >= 4 is 0 Å². The quantitative estimate of drug-likeness (QED) is 0.813. The number of hydrogen-bond acceptors (Lipinski definition) is 3. The Bertz CT molecular complexity index is 444. The van der Waals surface area contributed by atoms with E-state index in [9.17, 15) is 17.6 Å². The normalized spacial score (nSPS) is 19.4. The predicted molar refractivity (Wildman–Crippen MR) is 61.3 cm³/mol. The fourth-order valence-electron chi connectivity index (χ4n) is 2.24. The van der Waals surface area contributed by atoms with E-state index < -0.39 is 23.8 Å². The fraction of sp³-hybridized carbons (Fsp3) is 0.500. The van der Waals surface area contributed by atoms with Crippen LogP contribution in [0.5, 0.6) is 5.75 Å². The fourth-order valence-corrected chi connectivity index (χ4v) is 2.24. The molecule has 1 aromatic carbocycles. The summed E-state index contributed by atoms with van der Waals surface area (Å²) in [7, 11) is 0. The molecule has 0 amide bonds. The van der Waals surface area contributed by atoms with Crippen LogP contribution in [0, 0.1) is 5.82 Å². The van der Waals surface area contributed by atoms with Crippen LogP contribution in [0.3, 0.4) is 0 Å². The molecule has 0 aromatic heterocycles. The van der Waals surface area contributed by atoms with Crippen molar-refractivity contribution in [2.24, 2.45) is 0 Å². The molecule has 0 saturated carbocycles. The van der Waals surface area contributed by atoms with Crippen LogP contribution in [0.15, 0.2) is 18.2 Å². The van der Waals surface area contributed by atoms with E-state index in [1.54, 1.807) is 0 Å². The van der Waals surface area contributed by atoms with Crippen molar-refractivity contribution in [3.05, 3.63) is 29.6 Å². The van der Waals surface area contributed by atoms with Gasteiger partial charge in [0.05, 0.1) is 0 Å². The average molecular weight is 278 g/mol. The van der Waals surface area contributed by atoms with Gasteiger partial charge in [0.1, 0.15) is 6.04 Å². The Balaban J connectivity index is 2.33. The van der Waals surface area contributed by atoms with Gasteiger partial charge < -0.3 is 10.4 Å². The van der Waals surface area contributed by atoms with Crippen molar-refractivity contribution in [3.8, 4) is 5.75 Å². The van der Waals surface area contributed by atoms with Gasteiger partial charge in [0.15, 0.2) is 11.6 Å². The largest absolute Gasteiger partial charge is 0.505 e. The van der Waals surface area contributed by atoms with E-state index in [-0.39, 0.29) is 18.7 Å². The molecule has 0 spiro atoms. The number of halogens is 4. The van der Waals surface area contributed by atoms with E-state index in [0.29, 0.717) is 13.1 Å². The third kappa shape index (κ3) is 3.16. The van der Waals surface area contributed by atoms with Crippen LogP contribution in [0.2, 0.25) is 0 Å². The van der Waals surface area contributed by atoms with Gasteiger partial charge in [-0.25, -0.2) is 4.39 Å². The molecule has 106 valence electrons. The molecule has 1 aliphatic heterocycles. The molecule has 1 atom stereocenters. The summed E-state index contributed by atoms with van der Waals surface area (Å²) in [5.41, 5.74) is -0.190. The van der Waals surface area contributed by atoms with Gasteiger partial charge in [0.25, 0.3) is 0 Å². The number of nitrogens with zero attached hydrogens (tertiary/aromatic N) is 1. The highest BCUT2D eigenvalue weighted by Crippen LogP contribution is 2.38. The van der Waals surface area contributed by atoms with Crippen LogP contribution in [0.4, 0.5) is 17.6 Å². The van der Waals surface area contributed by atoms with Crippen molar-refractivity contribution in [3.63, 3.8) is 0 Å². The van der Waals surface area contributed by atoms with Gasteiger partial charge >= 0.3 is 6.18 Å². The Labute approximate surface area is 107 Å². The van der Waals surface area contributed by atoms with Crippen LogP contribution in [-0.2, 0) is 0 Å². The first-order valence-electron chi connectivity index (χ1n) is 5.89.